The smallest absolute Gasteiger partial charge is 0.303 e. The summed E-state index contributed by atoms with van der Waals surface area (Å²) in [7, 11) is 0. The van der Waals surface area contributed by atoms with Gasteiger partial charge in [0.2, 0.25) is 19.3 Å². The van der Waals surface area contributed by atoms with E-state index >= 15 is 0 Å². The number of allylic oxidation sites excluding steroid dienone is 1. The van der Waals surface area contributed by atoms with E-state index in [-0.39, 0.29) is 32.8 Å². The monoisotopic (exact) mass is 488 g/mol. The van der Waals surface area contributed by atoms with E-state index in [1.165, 1.54) is 32.6 Å². The van der Waals surface area contributed by atoms with Crippen LogP contribution >= 0.6 is 0 Å². The molecule has 0 radical (unpaired) electrons. The summed E-state index contributed by atoms with van der Waals surface area (Å²) < 4.78 is 4.88. The molecule has 11 nitrogen and oxygen atoms in total. The highest BCUT2D eigenvalue weighted by Gasteiger charge is 2.33. The van der Waals surface area contributed by atoms with Gasteiger partial charge in [-0.2, -0.15) is 0 Å². The first-order valence-corrected chi connectivity index (χ1v) is 11.2. The Labute approximate surface area is 203 Å². The number of nitro groups is 3. The lowest BCUT2D eigenvalue weighted by atomic mass is 9.81. The molecule has 0 spiro atoms. The number of hydrogen-bond acceptors (Lipinski definition) is 8. The third kappa shape index (κ3) is 16.6. The molecule has 1 unspecified atom stereocenters. The average molecular weight is 489 g/mol. The van der Waals surface area contributed by atoms with Crippen LogP contribution in [0.3, 0.4) is 0 Å². The Morgan fingerprint density at radius 1 is 1.00 bits per heavy atom. The van der Waals surface area contributed by atoms with Crippen molar-refractivity contribution in [2.75, 3.05) is 13.1 Å². The summed E-state index contributed by atoms with van der Waals surface area (Å²) in [5.74, 6) is 0.943. The molecule has 0 aromatic heterocycles. The van der Waals surface area contributed by atoms with E-state index in [4.69, 9.17) is 4.74 Å². The standard InChI is InChI=1S/C8H13NO4.C6H11NO2.C6H9NO2.C2H2.CH4.H2/c1-6(10)13-8(5-9(11)12)7-3-2-4-7;2*8-7(9)5-4-6-2-1-3-6;1-2;;/h7-8H,2-5H2,1H3;6H,1-5H2;4-6H,1-3H2;1-2H;1H4;1H/b;;5-4+;;;/i;;;;;1+1. The Morgan fingerprint density at radius 2 is 1.53 bits per heavy atom. The van der Waals surface area contributed by atoms with Crippen molar-refractivity contribution in [2.45, 2.75) is 84.7 Å². The molecule has 3 rings (SSSR count). The Bertz CT molecular complexity index is 659. The minimum absolute atomic E-state index is 0. The highest BCUT2D eigenvalue weighted by Crippen LogP contribution is 2.31. The molecular formula is C23H41N3O8. The summed E-state index contributed by atoms with van der Waals surface area (Å²) in [6.07, 6.45) is 21.2. The lowest BCUT2D eigenvalue weighted by Gasteiger charge is -2.30. The van der Waals surface area contributed by atoms with Crippen LogP contribution in [0.5, 0.6) is 0 Å². The van der Waals surface area contributed by atoms with E-state index in [0.29, 0.717) is 11.8 Å². The van der Waals surface area contributed by atoms with Crippen LogP contribution in [-0.4, -0.2) is 39.9 Å². The first-order chi connectivity index (χ1) is 15.7. The fourth-order valence-corrected chi connectivity index (χ4v) is 3.35. The molecule has 3 aliphatic carbocycles. The predicted molar refractivity (Wildman–Crippen MR) is 131 cm³/mol. The Morgan fingerprint density at radius 3 is 1.82 bits per heavy atom. The quantitative estimate of drug-likeness (QED) is 0.186. The van der Waals surface area contributed by atoms with E-state index < -0.39 is 21.9 Å². The molecule has 196 valence electrons. The second-order valence-electron chi connectivity index (χ2n) is 8.31. The second-order valence-corrected chi connectivity index (χ2v) is 8.31. The van der Waals surface area contributed by atoms with Crippen LogP contribution in [0, 0.1) is 60.9 Å². The summed E-state index contributed by atoms with van der Waals surface area (Å²) in [6.45, 7) is 1.19. The van der Waals surface area contributed by atoms with Crippen molar-refractivity contribution in [3.8, 4) is 12.8 Å². The lowest BCUT2D eigenvalue weighted by Crippen LogP contribution is -2.36. The minimum Gasteiger partial charge on any atom is -0.455 e. The summed E-state index contributed by atoms with van der Waals surface area (Å²) in [4.78, 5) is 39.4. The largest absolute Gasteiger partial charge is 0.455 e. The van der Waals surface area contributed by atoms with Gasteiger partial charge in [0.05, 0.1) is 4.92 Å². The minimum atomic E-state index is -0.513. The highest BCUT2D eigenvalue weighted by molar-refractivity contribution is 5.66. The second kappa shape index (κ2) is 19.4. The molecule has 0 aromatic rings. The SMILES string of the molecule is C.C#C.CC(=O)OC(C[N+](=O)[O-])C1CCC1.O=[N+]([O-])/C=C/C1CCC1.O=[N+]([O-])CCC1CCC1.[2HH]. The molecule has 0 amide bonds. The van der Waals surface area contributed by atoms with Crippen LogP contribution in [0.2, 0.25) is 0 Å². The lowest BCUT2D eigenvalue weighted by molar-refractivity contribution is -0.492. The molecule has 0 heterocycles. The van der Waals surface area contributed by atoms with Gasteiger partial charge in [0.1, 0.15) is 0 Å². The highest BCUT2D eigenvalue weighted by atomic mass is 16.6. The van der Waals surface area contributed by atoms with Crippen molar-refractivity contribution in [1.29, 1.82) is 0 Å². The number of terminal acetylenes is 1. The molecule has 3 saturated carbocycles. The number of rotatable bonds is 9. The topological polar surface area (TPSA) is 156 Å². The number of carbonyl (C=O) groups excluding carboxylic acids is 1. The maximum absolute atomic E-state index is 10.6. The van der Waals surface area contributed by atoms with Gasteiger partial charge in [-0.15, -0.1) is 12.8 Å². The summed E-state index contributed by atoms with van der Waals surface area (Å²) >= 11 is 0. The molecule has 0 aromatic carbocycles. The van der Waals surface area contributed by atoms with Gasteiger partial charge in [0.25, 0.3) is 0 Å². The van der Waals surface area contributed by atoms with Gasteiger partial charge < -0.3 is 4.74 Å². The Hall–Kier alpha value is -3.03. The third-order valence-corrected chi connectivity index (χ3v) is 5.90. The van der Waals surface area contributed by atoms with Crippen molar-refractivity contribution >= 4 is 5.97 Å². The molecule has 34 heavy (non-hydrogen) atoms. The zero-order chi connectivity index (χ0) is 25.2. The van der Waals surface area contributed by atoms with Gasteiger partial charge >= 0.3 is 5.97 Å². The van der Waals surface area contributed by atoms with E-state index in [9.17, 15) is 35.1 Å². The summed E-state index contributed by atoms with van der Waals surface area (Å²) in [5, 5.41) is 29.9. The fourth-order valence-electron chi connectivity index (χ4n) is 3.35. The van der Waals surface area contributed by atoms with Crippen molar-refractivity contribution in [3.63, 3.8) is 0 Å². The molecule has 3 fully saturated rings. The van der Waals surface area contributed by atoms with Crippen LogP contribution in [0.25, 0.3) is 0 Å². The first kappa shape index (κ1) is 33.1. The number of nitrogens with zero attached hydrogens (tertiary/aromatic N) is 3. The van der Waals surface area contributed by atoms with Crippen LogP contribution < -0.4 is 0 Å². The summed E-state index contributed by atoms with van der Waals surface area (Å²) in [6, 6.07) is 0. The van der Waals surface area contributed by atoms with Gasteiger partial charge in [-0.3, -0.25) is 35.1 Å². The summed E-state index contributed by atoms with van der Waals surface area (Å²) in [5.41, 5.74) is 0. The molecule has 0 N–H and O–H groups in total. The van der Waals surface area contributed by atoms with Crippen LogP contribution in [0.1, 0.15) is 80.0 Å². The molecule has 1 atom stereocenters. The van der Waals surface area contributed by atoms with Gasteiger partial charge in [-0.25, -0.2) is 0 Å². The number of hydrogen-bond donors (Lipinski definition) is 0. The molecule has 3 aliphatic rings. The van der Waals surface area contributed by atoms with Gasteiger partial charge in [0, 0.05) is 30.5 Å². The first-order valence-electron chi connectivity index (χ1n) is 11.2. The maximum atomic E-state index is 10.6. The molecule has 0 aliphatic heterocycles. The van der Waals surface area contributed by atoms with Crippen molar-refractivity contribution in [1.82, 2.24) is 0 Å². The van der Waals surface area contributed by atoms with Gasteiger partial charge in [-0.05, 0) is 43.6 Å². The molecule has 11 heteroatoms. The predicted octanol–water partition coefficient (Wildman–Crippen LogP) is 5.16. The Kier molecular flexibility index (Phi) is 19.0. The maximum Gasteiger partial charge on any atom is 0.303 e. The number of carbonyl (C=O) groups is 1. The van der Waals surface area contributed by atoms with Crippen LogP contribution in [0.4, 0.5) is 0 Å². The third-order valence-electron chi connectivity index (χ3n) is 5.90. The molecule has 0 saturated heterocycles. The van der Waals surface area contributed by atoms with Crippen LogP contribution in [0.15, 0.2) is 12.3 Å². The molecular weight excluding hydrogens is 446 g/mol. The normalized spacial score (nSPS) is 17.6. The van der Waals surface area contributed by atoms with Crippen molar-refractivity contribution < 1.29 is 25.7 Å². The number of ether oxygens (including phenoxy) is 1. The average Bonchev–Trinajstić information content (AvgIpc) is 2.59. The van der Waals surface area contributed by atoms with Gasteiger partial charge in [0.15, 0.2) is 6.10 Å². The zero-order valence-corrected chi connectivity index (χ0v) is 19.2. The van der Waals surface area contributed by atoms with Crippen LogP contribution in [-0.2, 0) is 9.53 Å². The van der Waals surface area contributed by atoms with Crippen molar-refractivity contribution in [2.24, 2.45) is 17.8 Å². The van der Waals surface area contributed by atoms with Crippen molar-refractivity contribution in [3.05, 3.63) is 42.6 Å². The van der Waals surface area contributed by atoms with E-state index in [1.54, 1.807) is 6.08 Å². The number of esters is 1. The molecule has 0 bridgehead atoms. The van der Waals surface area contributed by atoms with E-state index in [1.807, 2.05) is 0 Å². The fraction of sp³-hybridized carbons (Fsp3) is 0.783. The zero-order valence-electron chi connectivity index (χ0n) is 19.2. The van der Waals surface area contributed by atoms with E-state index in [2.05, 4.69) is 12.8 Å². The Balaban J connectivity index is -0.000000420. The van der Waals surface area contributed by atoms with Gasteiger partial charge in [-0.1, -0.05) is 39.5 Å². The van der Waals surface area contributed by atoms with E-state index in [0.717, 1.165) is 44.7 Å².